The summed E-state index contributed by atoms with van der Waals surface area (Å²) in [5.74, 6) is 0.883. The first-order valence-corrected chi connectivity index (χ1v) is 8.45. The highest BCUT2D eigenvalue weighted by Gasteiger charge is 2.12. The van der Waals surface area contributed by atoms with Gasteiger partial charge in [0.05, 0.1) is 10.4 Å². The van der Waals surface area contributed by atoms with Crippen molar-refractivity contribution in [3.63, 3.8) is 0 Å². The van der Waals surface area contributed by atoms with Gasteiger partial charge in [0, 0.05) is 34.6 Å². The van der Waals surface area contributed by atoms with Gasteiger partial charge >= 0.3 is 0 Å². The highest BCUT2D eigenvalue weighted by molar-refractivity contribution is 8.00. The predicted octanol–water partition coefficient (Wildman–Crippen LogP) is 5.14. The number of aromatic amines is 1. The molecule has 116 valence electrons. The average molecular weight is 343 g/mol. The molecule has 2 N–H and O–H groups in total. The van der Waals surface area contributed by atoms with Gasteiger partial charge in [0.1, 0.15) is 0 Å². The molecule has 0 spiro atoms. The van der Waals surface area contributed by atoms with Crippen molar-refractivity contribution in [3.8, 4) is 0 Å². The van der Waals surface area contributed by atoms with E-state index in [4.69, 9.17) is 11.6 Å². The number of aryl methyl sites for hydroxylation is 2. The third-order valence-electron chi connectivity index (χ3n) is 3.95. The van der Waals surface area contributed by atoms with Crippen molar-refractivity contribution in [2.45, 2.75) is 11.8 Å². The molecule has 0 saturated carbocycles. The number of halogens is 1. The molecule has 4 rings (SSSR count). The predicted molar refractivity (Wildman–Crippen MR) is 98.2 cm³/mol. The molecule has 2 aromatic heterocycles. The van der Waals surface area contributed by atoms with Crippen LogP contribution < -0.4 is 4.72 Å². The van der Waals surface area contributed by atoms with E-state index in [-0.39, 0.29) is 0 Å². The summed E-state index contributed by atoms with van der Waals surface area (Å²) < 4.78 is 5.29. The van der Waals surface area contributed by atoms with E-state index in [9.17, 15) is 0 Å². The Bertz CT molecular complexity index is 1020. The maximum absolute atomic E-state index is 6.03. The van der Waals surface area contributed by atoms with Crippen LogP contribution in [0.4, 0.5) is 5.82 Å². The van der Waals surface area contributed by atoms with E-state index in [1.165, 1.54) is 5.56 Å². The smallest absolute Gasteiger partial charge is 0.166 e. The number of rotatable bonds is 3. The SMILES string of the molecule is Cc1cccc2c1c(NSc1c[nH]c3cc(Cl)ccc13)nn2C. The van der Waals surface area contributed by atoms with Crippen molar-refractivity contribution in [2.24, 2.45) is 7.05 Å². The molecule has 0 radical (unpaired) electrons. The van der Waals surface area contributed by atoms with E-state index < -0.39 is 0 Å². The Balaban J connectivity index is 1.69. The summed E-state index contributed by atoms with van der Waals surface area (Å²) in [6.07, 6.45) is 1.98. The zero-order valence-corrected chi connectivity index (χ0v) is 14.3. The van der Waals surface area contributed by atoms with Gasteiger partial charge in [-0.1, -0.05) is 29.8 Å². The van der Waals surface area contributed by atoms with E-state index >= 15 is 0 Å². The van der Waals surface area contributed by atoms with Crippen LogP contribution in [0, 0.1) is 6.92 Å². The van der Waals surface area contributed by atoms with E-state index in [2.05, 4.69) is 39.9 Å². The van der Waals surface area contributed by atoms with Crippen LogP contribution in [-0.2, 0) is 7.05 Å². The van der Waals surface area contributed by atoms with E-state index in [1.54, 1.807) is 11.9 Å². The summed E-state index contributed by atoms with van der Waals surface area (Å²) in [4.78, 5) is 4.36. The Morgan fingerprint density at radius 1 is 1.26 bits per heavy atom. The second-order valence-corrected chi connectivity index (χ2v) is 6.77. The molecule has 0 atom stereocenters. The number of nitrogens with zero attached hydrogens (tertiary/aromatic N) is 2. The maximum atomic E-state index is 6.03. The fourth-order valence-electron chi connectivity index (χ4n) is 2.81. The average Bonchev–Trinajstić information content (AvgIpc) is 3.07. The zero-order valence-electron chi connectivity index (χ0n) is 12.7. The van der Waals surface area contributed by atoms with Gasteiger partial charge in [-0.3, -0.25) is 4.68 Å². The second kappa shape index (κ2) is 5.51. The highest BCUT2D eigenvalue weighted by Crippen LogP contribution is 2.33. The number of nitrogens with one attached hydrogen (secondary N) is 2. The van der Waals surface area contributed by atoms with Crippen LogP contribution >= 0.6 is 23.5 Å². The lowest BCUT2D eigenvalue weighted by Gasteiger charge is -2.03. The first-order valence-electron chi connectivity index (χ1n) is 7.25. The van der Waals surface area contributed by atoms with E-state index in [0.717, 1.165) is 37.5 Å². The standard InChI is InChI=1S/C17H15ClN4S/c1-10-4-3-5-14-16(10)17(20-22(14)2)21-23-15-9-19-13-8-11(18)6-7-12(13)15/h3-9,19H,1-2H3,(H,20,21). The van der Waals surface area contributed by atoms with Gasteiger partial charge in [0.2, 0.25) is 0 Å². The molecule has 4 nitrogen and oxygen atoms in total. The Morgan fingerprint density at radius 3 is 3.00 bits per heavy atom. The van der Waals surface area contributed by atoms with Crippen LogP contribution in [-0.4, -0.2) is 14.8 Å². The van der Waals surface area contributed by atoms with Gasteiger partial charge in [0.15, 0.2) is 5.82 Å². The van der Waals surface area contributed by atoms with E-state index in [0.29, 0.717) is 0 Å². The normalized spacial score (nSPS) is 11.4. The number of benzene rings is 2. The molecular weight excluding hydrogens is 328 g/mol. The lowest BCUT2D eigenvalue weighted by molar-refractivity contribution is 0.802. The van der Waals surface area contributed by atoms with Gasteiger partial charge in [-0.2, -0.15) is 5.10 Å². The van der Waals surface area contributed by atoms with E-state index in [1.807, 2.05) is 36.1 Å². The van der Waals surface area contributed by atoms with Crippen molar-refractivity contribution in [3.05, 3.63) is 53.2 Å². The topological polar surface area (TPSA) is 45.6 Å². The van der Waals surface area contributed by atoms with Crippen LogP contribution in [0.2, 0.25) is 5.02 Å². The molecule has 0 amide bonds. The number of H-pyrrole nitrogens is 1. The summed E-state index contributed by atoms with van der Waals surface area (Å²) in [7, 11) is 1.96. The van der Waals surface area contributed by atoms with Gasteiger partial charge in [-0.05, 0) is 42.6 Å². The molecule has 0 aliphatic rings. The minimum atomic E-state index is 0.732. The first kappa shape index (κ1) is 14.5. The van der Waals surface area contributed by atoms with Crippen LogP contribution in [0.15, 0.2) is 47.5 Å². The van der Waals surface area contributed by atoms with Crippen molar-refractivity contribution in [2.75, 3.05) is 4.72 Å². The van der Waals surface area contributed by atoms with Crippen LogP contribution in [0.3, 0.4) is 0 Å². The fourth-order valence-corrected chi connectivity index (χ4v) is 3.74. The number of hydrogen-bond donors (Lipinski definition) is 2. The van der Waals surface area contributed by atoms with Crippen molar-refractivity contribution in [1.29, 1.82) is 0 Å². The molecule has 0 unspecified atom stereocenters. The monoisotopic (exact) mass is 342 g/mol. The molecule has 0 bridgehead atoms. The van der Waals surface area contributed by atoms with Gasteiger partial charge in [0.25, 0.3) is 0 Å². The number of aromatic nitrogens is 3. The molecule has 6 heteroatoms. The van der Waals surface area contributed by atoms with Gasteiger partial charge in [-0.25, -0.2) is 0 Å². The summed E-state index contributed by atoms with van der Waals surface area (Å²) in [5, 5.41) is 7.63. The van der Waals surface area contributed by atoms with Crippen LogP contribution in [0.1, 0.15) is 5.56 Å². The number of anilines is 1. The van der Waals surface area contributed by atoms with Crippen molar-refractivity contribution in [1.82, 2.24) is 14.8 Å². The fraction of sp³-hybridized carbons (Fsp3) is 0.118. The molecule has 2 heterocycles. The minimum Gasteiger partial charge on any atom is -0.360 e. The largest absolute Gasteiger partial charge is 0.360 e. The molecule has 4 aromatic rings. The van der Waals surface area contributed by atoms with Crippen LogP contribution in [0.25, 0.3) is 21.8 Å². The number of hydrogen-bond acceptors (Lipinski definition) is 3. The third-order valence-corrected chi connectivity index (χ3v) is 5.04. The third kappa shape index (κ3) is 2.46. The molecule has 0 saturated heterocycles. The Kier molecular flexibility index (Phi) is 3.47. The maximum Gasteiger partial charge on any atom is 0.166 e. The van der Waals surface area contributed by atoms with Crippen molar-refractivity contribution < 1.29 is 0 Å². The molecule has 23 heavy (non-hydrogen) atoms. The van der Waals surface area contributed by atoms with Gasteiger partial charge in [-0.15, -0.1) is 0 Å². The molecule has 0 fully saturated rings. The second-order valence-electron chi connectivity index (χ2n) is 5.49. The molecule has 2 aromatic carbocycles. The lowest BCUT2D eigenvalue weighted by atomic mass is 10.1. The molecule has 0 aliphatic carbocycles. The first-order chi connectivity index (χ1) is 11.1. The zero-order chi connectivity index (χ0) is 16.0. The summed E-state index contributed by atoms with van der Waals surface area (Å²) in [5.41, 5.74) is 3.37. The Labute approximate surface area is 143 Å². The highest BCUT2D eigenvalue weighted by atomic mass is 35.5. The quantitative estimate of drug-likeness (QED) is 0.507. The minimum absolute atomic E-state index is 0.732. The van der Waals surface area contributed by atoms with Crippen molar-refractivity contribution >= 4 is 51.2 Å². The van der Waals surface area contributed by atoms with Crippen LogP contribution in [0.5, 0.6) is 0 Å². The summed E-state index contributed by atoms with van der Waals surface area (Å²) in [6.45, 7) is 2.10. The van der Waals surface area contributed by atoms with Gasteiger partial charge < -0.3 is 9.71 Å². The number of fused-ring (bicyclic) bond motifs is 2. The Morgan fingerprint density at radius 2 is 2.13 bits per heavy atom. The lowest BCUT2D eigenvalue weighted by Crippen LogP contribution is -1.91. The molecular formula is C17H15ClN4S. The Hall–Kier alpha value is -2.11. The summed E-state index contributed by atoms with van der Waals surface area (Å²) in [6, 6.07) is 12.1. The summed E-state index contributed by atoms with van der Waals surface area (Å²) >= 11 is 7.58. The molecule has 0 aliphatic heterocycles.